The highest BCUT2D eigenvalue weighted by molar-refractivity contribution is 7.07. The average Bonchev–Trinajstić information content (AvgIpc) is 3.38. The first kappa shape index (κ1) is 24.9. The van der Waals surface area contributed by atoms with E-state index in [1.807, 2.05) is 6.92 Å². The number of benzene rings is 1. The van der Waals surface area contributed by atoms with Gasteiger partial charge in [0, 0.05) is 13.0 Å². The van der Waals surface area contributed by atoms with E-state index in [2.05, 4.69) is 11.6 Å². The Morgan fingerprint density at radius 3 is 2.64 bits per heavy atom. The Balaban J connectivity index is 1.94. The number of carbonyl (C=O) groups is 2. The smallest absolute Gasteiger partial charge is 0.338 e. The van der Waals surface area contributed by atoms with Crippen molar-refractivity contribution in [3.05, 3.63) is 91.0 Å². The number of fused-ring (bicyclic) bond motifs is 1. The largest absolute Gasteiger partial charge is 0.493 e. The molecule has 0 bridgehead atoms. The predicted octanol–water partition coefficient (Wildman–Crippen LogP) is 2.80. The molecule has 0 spiro atoms. The van der Waals surface area contributed by atoms with Crippen LogP contribution in [0.5, 0.6) is 11.5 Å². The van der Waals surface area contributed by atoms with Gasteiger partial charge in [0.2, 0.25) is 0 Å². The van der Waals surface area contributed by atoms with E-state index in [4.69, 9.17) is 18.6 Å². The SMILES string of the molecule is C=CCOC(=O)C1=C(C)N=c2s/c(=C\c3ccc(C)o3)c(=O)n2C1c1ccc(OC(C)=O)c(OC)c1. The normalized spacial score (nSPS) is 15.2. The molecular formula is C26H24N2O7S. The second-order valence-corrected chi connectivity index (χ2v) is 8.93. The number of furan rings is 1. The van der Waals surface area contributed by atoms with Gasteiger partial charge in [0.25, 0.3) is 5.56 Å². The Kier molecular flexibility index (Phi) is 7.07. The number of methoxy groups -OCH3 is 1. The Morgan fingerprint density at radius 1 is 1.22 bits per heavy atom. The van der Waals surface area contributed by atoms with E-state index in [1.54, 1.807) is 43.3 Å². The zero-order valence-electron chi connectivity index (χ0n) is 20.2. The van der Waals surface area contributed by atoms with Crippen LogP contribution in [0.15, 0.2) is 68.5 Å². The lowest BCUT2D eigenvalue weighted by atomic mass is 9.95. The summed E-state index contributed by atoms with van der Waals surface area (Å²) in [7, 11) is 1.43. The topological polar surface area (TPSA) is 109 Å². The number of aryl methyl sites for hydroxylation is 1. The monoisotopic (exact) mass is 508 g/mol. The van der Waals surface area contributed by atoms with Gasteiger partial charge in [-0.2, -0.15) is 0 Å². The summed E-state index contributed by atoms with van der Waals surface area (Å²) in [5.74, 6) is 0.597. The Bertz CT molecular complexity index is 1570. The molecule has 0 radical (unpaired) electrons. The Hall–Kier alpha value is -4.18. The maximum atomic E-state index is 13.6. The number of ether oxygens (including phenoxy) is 3. The zero-order valence-corrected chi connectivity index (χ0v) is 21.0. The number of nitrogens with zero attached hydrogens (tertiary/aromatic N) is 2. The van der Waals surface area contributed by atoms with E-state index in [1.165, 1.54) is 36.0 Å². The molecule has 1 unspecified atom stereocenters. The van der Waals surface area contributed by atoms with Crippen molar-refractivity contribution in [2.24, 2.45) is 4.99 Å². The highest BCUT2D eigenvalue weighted by atomic mass is 32.1. The summed E-state index contributed by atoms with van der Waals surface area (Å²) >= 11 is 1.19. The van der Waals surface area contributed by atoms with Crippen LogP contribution in [0.1, 0.15) is 37.0 Å². The molecule has 0 aliphatic carbocycles. The number of aromatic nitrogens is 1. The molecule has 10 heteroatoms. The fourth-order valence-electron chi connectivity index (χ4n) is 3.86. The highest BCUT2D eigenvalue weighted by Gasteiger charge is 2.34. The molecule has 0 saturated carbocycles. The molecule has 1 aromatic carbocycles. The molecule has 1 aliphatic rings. The number of thiazole rings is 1. The maximum absolute atomic E-state index is 13.6. The molecule has 0 N–H and O–H groups in total. The first-order valence-electron chi connectivity index (χ1n) is 11.0. The minimum atomic E-state index is -0.862. The van der Waals surface area contributed by atoms with E-state index in [9.17, 15) is 14.4 Å². The van der Waals surface area contributed by atoms with E-state index in [0.717, 1.165) is 5.76 Å². The number of esters is 2. The lowest BCUT2D eigenvalue weighted by Crippen LogP contribution is -2.40. The van der Waals surface area contributed by atoms with E-state index in [0.29, 0.717) is 26.4 Å². The van der Waals surface area contributed by atoms with E-state index < -0.39 is 18.0 Å². The van der Waals surface area contributed by atoms with Gasteiger partial charge in [-0.1, -0.05) is 30.1 Å². The van der Waals surface area contributed by atoms with Gasteiger partial charge in [0.15, 0.2) is 16.3 Å². The van der Waals surface area contributed by atoms with Crippen LogP contribution < -0.4 is 24.4 Å². The number of carbonyl (C=O) groups excluding carboxylic acids is 2. The van der Waals surface area contributed by atoms with Crippen molar-refractivity contribution in [1.82, 2.24) is 4.57 Å². The minimum Gasteiger partial charge on any atom is -0.493 e. The van der Waals surface area contributed by atoms with Gasteiger partial charge in [0.05, 0.1) is 29.0 Å². The molecule has 0 fully saturated rings. The molecule has 36 heavy (non-hydrogen) atoms. The summed E-state index contributed by atoms with van der Waals surface area (Å²) in [6.07, 6.45) is 3.10. The van der Waals surface area contributed by atoms with Gasteiger partial charge in [-0.15, -0.1) is 0 Å². The van der Waals surface area contributed by atoms with Crippen LogP contribution in [0.3, 0.4) is 0 Å². The third-order valence-electron chi connectivity index (χ3n) is 5.37. The number of rotatable bonds is 7. The number of hydrogen-bond acceptors (Lipinski definition) is 9. The van der Waals surface area contributed by atoms with Gasteiger partial charge in [0.1, 0.15) is 18.1 Å². The molecule has 0 amide bonds. The summed E-state index contributed by atoms with van der Waals surface area (Å²) in [4.78, 5) is 43.2. The van der Waals surface area contributed by atoms with Crippen LogP contribution in [0.4, 0.5) is 0 Å². The van der Waals surface area contributed by atoms with Crippen molar-refractivity contribution >= 4 is 29.4 Å². The number of hydrogen-bond donors (Lipinski definition) is 0. The third kappa shape index (κ3) is 4.80. The average molecular weight is 509 g/mol. The van der Waals surface area contributed by atoms with Gasteiger partial charge in [-0.25, -0.2) is 9.79 Å². The highest BCUT2D eigenvalue weighted by Crippen LogP contribution is 2.36. The standard InChI is InChI=1S/C26H24N2O7S/c1-6-11-33-25(31)22-15(3)27-26-28(24(30)21(36-26)13-18-9-7-14(2)34-18)23(22)17-8-10-19(35-16(4)29)20(12-17)32-5/h6-10,12-13,23H,1,11H2,2-5H3/b21-13-. The summed E-state index contributed by atoms with van der Waals surface area (Å²) in [6, 6.07) is 7.55. The first-order valence-corrected chi connectivity index (χ1v) is 11.8. The first-order chi connectivity index (χ1) is 17.2. The molecule has 9 nitrogen and oxygen atoms in total. The molecule has 3 heterocycles. The molecule has 4 rings (SSSR count). The quantitative estimate of drug-likeness (QED) is 0.274. The molecule has 1 aliphatic heterocycles. The summed E-state index contributed by atoms with van der Waals surface area (Å²) < 4.78 is 23.4. The minimum absolute atomic E-state index is 0.000685. The molecule has 2 aromatic heterocycles. The van der Waals surface area contributed by atoms with Crippen molar-refractivity contribution in [3.63, 3.8) is 0 Å². The Labute approximate surface area is 210 Å². The summed E-state index contributed by atoms with van der Waals surface area (Å²) in [5.41, 5.74) is 0.817. The van der Waals surface area contributed by atoms with Crippen LogP contribution >= 0.6 is 11.3 Å². The zero-order chi connectivity index (χ0) is 26.0. The fraction of sp³-hybridized carbons (Fsp3) is 0.231. The van der Waals surface area contributed by atoms with Crippen molar-refractivity contribution in [1.29, 1.82) is 0 Å². The molecule has 1 atom stereocenters. The maximum Gasteiger partial charge on any atom is 0.338 e. The Morgan fingerprint density at radius 2 is 2.00 bits per heavy atom. The second kappa shape index (κ2) is 10.2. The molecule has 0 saturated heterocycles. The third-order valence-corrected chi connectivity index (χ3v) is 6.35. The van der Waals surface area contributed by atoms with Crippen molar-refractivity contribution < 1.29 is 28.2 Å². The van der Waals surface area contributed by atoms with Crippen molar-refractivity contribution in [2.75, 3.05) is 13.7 Å². The molecule has 3 aromatic rings. The van der Waals surface area contributed by atoms with Crippen LogP contribution in [0, 0.1) is 6.92 Å². The van der Waals surface area contributed by atoms with Crippen LogP contribution in [-0.2, 0) is 14.3 Å². The molecular weight excluding hydrogens is 484 g/mol. The summed E-state index contributed by atoms with van der Waals surface area (Å²) in [5, 5.41) is 0. The molecule has 186 valence electrons. The van der Waals surface area contributed by atoms with Crippen molar-refractivity contribution in [2.45, 2.75) is 26.8 Å². The van der Waals surface area contributed by atoms with E-state index >= 15 is 0 Å². The van der Waals surface area contributed by atoms with Gasteiger partial charge in [-0.3, -0.25) is 14.2 Å². The second-order valence-electron chi connectivity index (χ2n) is 7.92. The van der Waals surface area contributed by atoms with E-state index in [-0.39, 0.29) is 29.2 Å². The lowest BCUT2D eigenvalue weighted by molar-refractivity contribution is -0.138. The summed E-state index contributed by atoms with van der Waals surface area (Å²) in [6.45, 7) is 8.37. The van der Waals surface area contributed by atoms with Gasteiger partial charge >= 0.3 is 11.9 Å². The number of allylic oxidation sites excluding steroid dienone is 1. The predicted molar refractivity (Wildman–Crippen MR) is 133 cm³/mol. The fourth-order valence-corrected chi connectivity index (χ4v) is 4.89. The van der Waals surface area contributed by atoms with Crippen LogP contribution in [0.25, 0.3) is 6.08 Å². The van der Waals surface area contributed by atoms with Gasteiger partial charge in [-0.05, 0) is 43.7 Å². The van der Waals surface area contributed by atoms with Crippen molar-refractivity contribution in [3.8, 4) is 11.5 Å². The lowest BCUT2D eigenvalue weighted by Gasteiger charge is -2.25. The van der Waals surface area contributed by atoms with Crippen LogP contribution in [0.2, 0.25) is 0 Å². The van der Waals surface area contributed by atoms with Crippen LogP contribution in [-0.4, -0.2) is 30.2 Å². The van der Waals surface area contributed by atoms with Gasteiger partial charge < -0.3 is 18.6 Å².